The highest BCUT2D eigenvalue weighted by Crippen LogP contribution is 2.30. The van der Waals surface area contributed by atoms with E-state index in [4.69, 9.17) is 0 Å². The van der Waals surface area contributed by atoms with Crippen LogP contribution < -0.4 is 5.32 Å². The van der Waals surface area contributed by atoms with E-state index in [2.05, 4.69) is 75.8 Å². The smallest absolute Gasteiger partial charge is 0.253 e. The maximum atomic E-state index is 12.6. The summed E-state index contributed by atoms with van der Waals surface area (Å²) in [6.45, 7) is 5.69. The van der Waals surface area contributed by atoms with Crippen molar-refractivity contribution >= 4 is 5.91 Å². The van der Waals surface area contributed by atoms with Crippen LogP contribution in [0.1, 0.15) is 57.7 Å². The van der Waals surface area contributed by atoms with E-state index in [1.165, 1.54) is 11.1 Å². The molecule has 1 unspecified atom stereocenters. The van der Waals surface area contributed by atoms with Crippen LogP contribution in [0.4, 0.5) is 0 Å². The van der Waals surface area contributed by atoms with Crippen LogP contribution in [-0.2, 0) is 13.5 Å². The molecular formula is C29H36N4O2. The van der Waals surface area contributed by atoms with Crippen LogP contribution in [0.15, 0.2) is 66.9 Å². The number of nitrogens with one attached hydrogen (secondary N) is 1. The molecule has 3 aromatic rings. The predicted octanol–water partition coefficient (Wildman–Crippen LogP) is 3.53. The van der Waals surface area contributed by atoms with Gasteiger partial charge in [-0.05, 0) is 42.5 Å². The Morgan fingerprint density at radius 3 is 2.23 bits per heavy atom. The minimum atomic E-state index is -0.585. The second kappa shape index (κ2) is 10.8. The average Bonchev–Trinajstić information content (AvgIpc) is 3.13. The van der Waals surface area contributed by atoms with Gasteiger partial charge >= 0.3 is 0 Å². The molecule has 6 heteroatoms. The molecule has 2 N–H and O–H groups in total. The second-order valence-electron chi connectivity index (χ2n) is 9.79. The first-order valence-electron chi connectivity index (χ1n) is 12.8. The van der Waals surface area contributed by atoms with E-state index in [0.29, 0.717) is 18.5 Å². The summed E-state index contributed by atoms with van der Waals surface area (Å²) >= 11 is 0. The summed E-state index contributed by atoms with van der Waals surface area (Å²) < 4.78 is 1.94. The van der Waals surface area contributed by atoms with Gasteiger partial charge in [0.15, 0.2) is 0 Å². The van der Waals surface area contributed by atoms with E-state index >= 15 is 0 Å². The number of amides is 1. The molecule has 1 fully saturated rings. The Hall–Kier alpha value is -2.93. The maximum absolute atomic E-state index is 12.6. The van der Waals surface area contributed by atoms with Crippen LogP contribution in [0.3, 0.4) is 0 Å². The first kappa shape index (κ1) is 23.8. The van der Waals surface area contributed by atoms with Crippen LogP contribution in [0.25, 0.3) is 0 Å². The molecule has 0 bridgehead atoms. The molecular weight excluding hydrogens is 436 g/mol. The van der Waals surface area contributed by atoms with E-state index in [0.717, 1.165) is 56.8 Å². The summed E-state index contributed by atoms with van der Waals surface area (Å²) in [5.41, 5.74) is 5.19. The number of carbonyl (C=O) groups excluding carboxylic acids is 1. The van der Waals surface area contributed by atoms with E-state index in [1.807, 2.05) is 17.8 Å². The fourth-order valence-electron chi connectivity index (χ4n) is 5.73. The van der Waals surface area contributed by atoms with Gasteiger partial charge in [-0.2, -0.15) is 0 Å². The lowest BCUT2D eigenvalue weighted by molar-refractivity contribution is 0.0954. The quantitative estimate of drug-likeness (QED) is 0.552. The third-order valence-electron chi connectivity index (χ3n) is 7.48. The minimum absolute atomic E-state index is 0.0476. The zero-order valence-corrected chi connectivity index (χ0v) is 20.6. The van der Waals surface area contributed by atoms with Gasteiger partial charge in [-0.3, -0.25) is 9.69 Å². The van der Waals surface area contributed by atoms with Gasteiger partial charge in [0.2, 0.25) is 0 Å². The largest absolute Gasteiger partial charge is 0.387 e. The van der Waals surface area contributed by atoms with Crippen molar-refractivity contribution in [2.75, 3.05) is 39.3 Å². The fraction of sp³-hybridized carbons (Fsp3) is 0.414. The highest BCUT2D eigenvalue weighted by molar-refractivity contribution is 5.97. The monoisotopic (exact) mass is 472 g/mol. The number of fused-ring (bicyclic) bond motifs is 1. The number of hydrogen-bond acceptors (Lipinski definition) is 4. The molecule has 6 nitrogen and oxygen atoms in total. The van der Waals surface area contributed by atoms with Crippen molar-refractivity contribution in [2.45, 2.75) is 31.4 Å². The first-order valence-corrected chi connectivity index (χ1v) is 12.8. The number of hydrogen-bond donors (Lipinski definition) is 2. The predicted molar refractivity (Wildman–Crippen MR) is 138 cm³/mol. The lowest BCUT2D eigenvalue weighted by atomic mass is 9.96. The van der Waals surface area contributed by atoms with Crippen molar-refractivity contribution in [3.63, 3.8) is 0 Å². The number of rotatable bonds is 7. The van der Waals surface area contributed by atoms with Crippen molar-refractivity contribution in [2.24, 2.45) is 7.05 Å². The van der Waals surface area contributed by atoms with Crippen molar-refractivity contribution < 1.29 is 9.90 Å². The van der Waals surface area contributed by atoms with Crippen molar-refractivity contribution in [3.05, 3.63) is 94.8 Å². The van der Waals surface area contributed by atoms with Crippen LogP contribution >= 0.6 is 0 Å². The van der Waals surface area contributed by atoms with E-state index < -0.39 is 6.10 Å². The molecule has 0 spiro atoms. The molecule has 5 rings (SSSR count). The number of aliphatic hydroxyl groups is 1. The van der Waals surface area contributed by atoms with Crippen molar-refractivity contribution in [1.82, 2.24) is 19.7 Å². The number of piperazine rings is 1. The molecule has 35 heavy (non-hydrogen) atoms. The topological polar surface area (TPSA) is 60.7 Å². The van der Waals surface area contributed by atoms with Crippen LogP contribution in [0.2, 0.25) is 0 Å². The van der Waals surface area contributed by atoms with Gasteiger partial charge in [0.1, 0.15) is 0 Å². The molecule has 3 heterocycles. The maximum Gasteiger partial charge on any atom is 0.253 e. The number of aromatic nitrogens is 1. The molecule has 0 aliphatic carbocycles. The summed E-state index contributed by atoms with van der Waals surface area (Å²) in [5, 5.41) is 13.4. The fourth-order valence-corrected chi connectivity index (χ4v) is 5.73. The number of nitrogens with zero attached hydrogens (tertiary/aromatic N) is 3. The van der Waals surface area contributed by atoms with Gasteiger partial charge in [-0.1, -0.05) is 60.7 Å². The van der Waals surface area contributed by atoms with Crippen LogP contribution in [0, 0.1) is 0 Å². The molecule has 2 aliphatic rings. The molecule has 1 saturated heterocycles. The Bertz CT molecular complexity index is 1080. The molecule has 0 radical (unpaired) electrons. The van der Waals surface area contributed by atoms with Crippen molar-refractivity contribution in [3.8, 4) is 0 Å². The van der Waals surface area contributed by atoms with Gasteiger partial charge < -0.3 is 19.9 Å². The van der Waals surface area contributed by atoms with Gasteiger partial charge in [0.25, 0.3) is 5.91 Å². The SMILES string of the molecule is Cn1cc(CCCN2CCN(C(c3ccccc3)c3ccccc3)CC2)c2c1C(O)CCNC2=O. The number of carbonyl (C=O) groups is 1. The Balaban J connectivity index is 1.20. The zero-order valence-electron chi connectivity index (χ0n) is 20.6. The second-order valence-corrected chi connectivity index (χ2v) is 9.79. The lowest BCUT2D eigenvalue weighted by Gasteiger charge is -2.39. The van der Waals surface area contributed by atoms with Crippen LogP contribution in [0.5, 0.6) is 0 Å². The first-order chi connectivity index (χ1) is 17.1. The highest BCUT2D eigenvalue weighted by atomic mass is 16.3. The Morgan fingerprint density at radius 2 is 1.60 bits per heavy atom. The Labute approximate surface area is 208 Å². The molecule has 2 aromatic carbocycles. The Kier molecular flexibility index (Phi) is 7.32. The number of aryl methyl sites for hydroxylation is 2. The summed E-state index contributed by atoms with van der Waals surface area (Å²) in [7, 11) is 1.93. The molecule has 1 amide bonds. The van der Waals surface area contributed by atoms with Gasteiger partial charge in [-0.15, -0.1) is 0 Å². The van der Waals surface area contributed by atoms with E-state index in [-0.39, 0.29) is 11.9 Å². The molecule has 1 aromatic heterocycles. The summed E-state index contributed by atoms with van der Waals surface area (Å²) in [6, 6.07) is 21.9. The van der Waals surface area contributed by atoms with Gasteiger partial charge in [0.05, 0.1) is 23.4 Å². The van der Waals surface area contributed by atoms with E-state index in [1.54, 1.807) is 0 Å². The van der Waals surface area contributed by atoms with Crippen LogP contribution in [-0.4, -0.2) is 64.6 Å². The molecule has 184 valence electrons. The van der Waals surface area contributed by atoms with Gasteiger partial charge in [0, 0.05) is 46.0 Å². The third kappa shape index (κ3) is 5.20. The number of aliphatic hydroxyl groups excluding tert-OH is 1. The Morgan fingerprint density at radius 1 is 0.971 bits per heavy atom. The summed E-state index contributed by atoms with van der Waals surface area (Å²) in [6.07, 6.45) is 3.85. The zero-order chi connectivity index (χ0) is 24.2. The number of benzene rings is 2. The van der Waals surface area contributed by atoms with E-state index in [9.17, 15) is 9.90 Å². The average molecular weight is 473 g/mol. The normalized spacial score (nSPS) is 19.4. The summed E-state index contributed by atoms with van der Waals surface area (Å²) in [4.78, 5) is 17.8. The van der Waals surface area contributed by atoms with Crippen molar-refractivity contribution in [1.29, 1.82) is 0 Å². The highest BCUT2D eigenvalue weighted by Gasteiger charge is 2.29. The van der Waals surface area contributed by atoms with Gasteiger partial charge in [-0.25, -0.2) is 0 Å². The summed E-state index contributed by atoms with van der Waals surface area (Å²) in [5.74, 6) is -0.0476. The minimum Gasteiger partial charge on any atom is -0.387 e. The molecule has 2 aliphatic heterocycles. The molecule has 1 atom stereocenters. The standard InChI is InChI=1S/C29H36N4O2/c1-31-21-24(26-28(31)25(34)14-15-30-29(26)35)13-8-16-32-17-19-33(20-18-32)27(22-9-4-2-5-10-22)23-11-6-3-7-12-23/h2-7,9-12,21,25,27,34H,8,13-20H2,1H3,(H,30,35). The molecule has 0 saturated carbocycles. The third-order valence-corrected chi connectivity index (χ3v) is 7.48. The lowest BCUT2D eigenvalue weighted by Crippen LogP contribution is -2.48.